The number of carbonyl (C=O) groups excluding carboxylic acids is 1. The second kappa shape index (κ2) is 5.11. The summed E-state index contributed by atoms with van der Waals surface area (Å²) in [6, 6.07) is 0. The van der Waals surface area contributed by atoms with Crippen molar-refractivity contribution in [2.75, 3.05) is 25.6 Å². The molecule has 15 heavy (non-hydrogen) atoms. The Hall–Kier alpha value is -1.10. The van der Waals surface area contributed by atoms with Crippen LogP contribution in [0.2, 0.25) is 0 Å². The van der Waals surface area contributed by atoms with Gasteiger partial charge in [-0.05, 0) is 6.92 Å². The molecule has 84 valence electrons. The van der Waals surface area contributed by atoms with E-state index in [2.05, 4.69) is 9.72 Å². The van der Waals surface area contributed by atoms with Crippen LogP contribution in [-0.2, 0) is 9.53 Å². The van der Waals surface area contributed by atoms with Gasteiger partial charge in [0.15, 0.2) is 5.13 Å². The first kappa shape index (κ1) is 12.0. The van der Waals surface area contributed by atoms with Crippen molar-refractivity contribution >= 4 is 22.4 Å². The molecule has 1 heterocycles. The normalized spacial score (nSPS) is 12.3. The number of anilines is 1. The summed E-state index contributed by atoms with van der Waals surface area (Å²) in [6.07, 6.45) is 0. The minimum Gasteiger partial charge on any atom is -0.469 e. The van der Waals surface area contributed by atoms with Crippen LogP contribution < -0.4 is 4.90 Å². The van der Waals surface area contributed by atoms with E-state index in [4.69, 9.17) is 0 Å². The number of aromatic nitrogens is 1. The zero-order chi connectivity index (χ0) is 11.4. The molecule has 4 nitrogen and oxygen atoms in total. The van der Waals surface area contributed by atoms with E-state index >= 15 is 0 Å². The summed E-state index contributed by atoms with van der Waals surface area (Å²) in [5, 5.41) is 2.93. The van der Waals surface area contributed by atoms with E-state index in [1.807, 2.05) is 31.2 Å². The molecule has 0 radical (unpaired) electrons. The minimum atomic E-state index is -0.185. The van der Waals surface area contributed by atoms with Crippen molar-refractivity contribution in [1.29, 1.82) is 0 Å². The summed E-state index contributed by atoms with van der Waals surface area (Å²) < 4.78 is 4.67. The lowest BCUT2D eigenvalue weighted by Crippen LogP contribution is -2.29. The maximum absolute atomic E-state index is 11.2. The number of methoxy groups -OCH3 is 1. The van der Waals surface area contributed by atoms with Crippen molar-refractivity contribution in [2.24, 2.45) is 5.92 Å². The number of thiazole rings is 1. The van der Waals surface area contributed by atoms with E-state index in [-0.39, 0.29) is 11.9 Å². The number of carbonyl (C=O) groups is 1. The molecule has 0 amide bonds. The Morgan fingerprint density at radius 1 is 1.73 bits per heavy atom. The molecule has 5 heteroatoms. The molecule has 1 aromatic rings. The van der Waals surface area contributed by atoms with E-state index in [1.54, 1.807) is 11.3 Å². The molecule has 0 aliphatic carbocycles. The van der Waals surface area contributed by atoms with Gasteiger partial charge < -0.3 is 9.64 Å². The molecule has 0 aliphatic rings. The predicted molar refractivity (Wildman–Crippen MR) is 61.3 cm³/mol. The van der Waals surface area contributed by atoms with Crippen LogP contribution in [0.4, 0.5) is 5.13 Å². The molecule has 0 saturated carbocycles. The van der Waals surface area contributed by atoms with Gasteiger partial charge in [-0.15, -0.1) is 11.3 Å². The Morgan fingerprint density at radius 2 is 2.40 bits per heavy atom. The molecule has 0 aromatic carbocycles. The van der Waals surface area contributed by atoms with Crippen molar-refractivity contribution in [1.82, 2.24) is 4.98 Å². The summed E-state index contributed by atoms with van der Waals surface area (Å²) in [5.74, 6) is -0.320. The smallest absolute Gasteiger partial charge is 0.310 e. The van der Waals surface area contributed by atoms with Crippen LogP contribution in [0.25, 0.3) is 0 Å². The standard InChI is InChI=1S/C10H16N2O2S/c1-7(9(13)14-4)5-12(3)10-11-8(2)6-15-10/h6-7H,5H2,1-4H3. The molecule has 1 unspecified atom stereocenters. The largest absolute Gasteiger partial charge is 0.469 e. The van der Waals surface area contributed by atoms with Crippen LogP contribution in [0.1, 0.15) is 12.6 Å². The topological polar surface area (TPSA) is 42.4 Å². The molecule has 0 fully saturated rings. The fourth-order valence-corrected chi connectivity index (χ4v) is 2.06. The summed E-state index contributed by atoms with van der Waals surface area (Å²) >= 11 is 1.58. The van der Waals surface area contributed by atoms with E-state index in [9.17, 15) is 4.79 Å². The number of hydrogen-bond acceptors (Lipinski definition) is 5. The molecular formula is C10H16N2O2S. The highest BCUT2D eigenvalue weighted by Crippen LogP contribution is 2.19. The van der Waals surface area contributed by atoms with Gasteiger partial charge >= 0.3 is 5.97 Å². The maximum Gasteiger partial charge on any atom is 0.310 e. The first-order chi connectivity index (χ1) is 7.04. The van der Waals surface area contributed by atoms with Crippen LogP contribution in [0.5, 0.6) is 0 Å². The van der Waals surface area contributed by atoms with Gasteiger partial charge in [-0.3, -0.25) is 4.79 Å². The van der Waals surface area contributed by atoms with Crippen LogP contribution in [-0.4, -0.2) is 31.7 Å². The Bertz CT molecular complexity index is 338. The van der Waals surface area contributed by atoms with Crippen LogP contribution in [0.15, 0.2) is 5.38 Å². The average molecular weight is 228 g/mol. The van der Waals surface area contributed by atoms with Gasteiger partial charge in [0.2, 0.25) is 0 Å². The third-order valence-corrected chi connectivity index (χ3v) is 3.16. The molecule has 1 rings (SSSR count). The van der Waals surface area contributed by atoms with Crippen molar-refractivity contribution in [3.63, 3.8) is 0 Å². The molecular weight excluding hydrogens is 212 g/mol. The molecule has 1 aromatic heterocycles. The summed E-state index contributed by atoms with van der Waals surface area (Å²) in [7, 11) is 3.34. The lowest BCUT2D eigenvalue weighted by Gasteiger charge is -2.19. The van der Waals surface area contributed by atoms with Crippen LogP contribution in [0.3, 0.4) is 0 Å². The third-order valence-electron chi connectivity index (χ3n) is 2.08. The first-order valence-electron chi connectivity index (χ1n) is 4.75. The van der Waals surface area contributed by atoms with Crippen molar-refractivity contribution in [2.45, 2.75) is 13.8 Å². The van der Waals surface area contributed by atoms with Gasteiger partial charge in [-0.25, -0.2) is 4.98 Å². The fourth-order valence-electron chi connectivity index (χ4n) is 1.28. The second-order valence-electron chi connectivity index (χ2n) is 3.58. The quantitative estimate of drug-likeness (QED) is 0.736. The number of esters is 1. The summed E-state index contributed by atoms with van der Waals surface area (Å²) in [5.41, 5.74) is 1.01. The van der Waals surface area contributed by atoms with Crippen LogP contribution in [0, 0.1) is 12.8 Å². The molecule has 1 atom stereocenters. The monoisotopic (exact) mass is 228 g/mol. The first-order valence-corrected chi connectivity index (χ1v) is 5.63. The lowest BCUT2D eigenvalue weighted by atomic mass is 10.2. The third kappa shape index (κ3) is 3.20. The zero-order valence-corrected chi connectivity index (χ0v) is 10.3. The minimum absolute atomic E-state index is 0.135. The number of nitrogens with zero attached hydrogens (tertiary/aromatic N) is 2. The molecule has 0 saturated heterocycles. The van der Waals surface area contributed by atoms with Gasteiger partial charge in [-0.1, -0.05) is 6.92 Å². The van der Waals surface area contributed by atoms with E-state index in [1.165, 1.54) is 7.11 Å². The predicted octanol–water partition coefficient (Wildman–Crippen LogP) is 1.70. The zero-order valence-electron chi connectivity index (χ0n) is 9.48. The lowest BCUT2D eigenvalue weighted by molar-refractivity contribution is -0.144. The highest BCUT2D eigenvalue weighted by Gasteiger charge is 2.16. The second-order valence-corrected chi connectivity index (χ2v) is 4.41. The Kier molecular flexibility index (Phi) is 4.08. The number of aryl methyl sites for hydroxylation is 1. The van der Waals surface area contributed by atoms with Crippen molar-refractivity contribution in [3.8, 4) is 0 Å². The highest BCUT2D eigenvalue weighted by atomic mass is 32.1. The molecule has 0 spiro atoms. The number of hydrogen-bond donors (Lipinski definition) is 0. The summed E-state index contributed by atoms with van der Waals surface area (Å²) in [4.78, 5) is 17.5. The van der Waals surface area contributed by atoms with E-state index in [0.717, 1.165) is 10.8 Å². The van der Waals surface area contributed by atoms with Gasteiger partial charge in [0.1, 0.15) is 0 Å². The van der Waals surface area contributed by atoms with Gasteiger partial charge in [0, 0.05) is 19.0 Å². The van der Waals surface area contributed by atoms with Crippen molar-refractivity contribution < 1.29 is 9.53 Å². The number of rotatable bonds is 4. The summed E-state index contributed by atoms with van der Waals surface area (Å²) in [6.45, 7) is 4.43. The SMILES string of the molecule is COC(=O)C(C)CN(C)c1nc(C)cs1. The maximum atomic E-state index is 11.2. The Balaban J connectivity index is 2.55. The van der Waals surface area contributed by atoms with Gasteiger partial charge in [-0.2, -0.15) is 0 Å². The molecule has 0 bridgehead atoms. The van der Waals surface area contributed by atoms with Gasteiger partial charge in [0.05, 0.1) is 18.7 Å². The van der Waals surface area contributed by atoms with E-state index in [0.29, 0.717) is 6.54 Å². The van der Waals surface area contributed by atoms with Gasteiger partial charge in [0.25, 0.3) is 0 Å². The van der Waals surface area contributed by atoms with Crippen molar-refractivity contribution in [3.05, 3.63) is 11.1 Å². The Labute approximate surface area is 93.9 Å². The Morgan fingerprint density at radius 3 is 2.87 bits per heavy atom. The fraction of sp³-hybridized carbons (Fsp3) is 0.600. The molecule has 0 N–H and O–H groups in total. The number of ether oxygens (including phenoxy) is 1. The van der Waals surface area contributed by atoms with Crippen LogP contribution >= 0.6 is 11.3 Å². The highest BCUT2D eigenvalue weighted by molar-refractivity contribution is 7.13. The van der Waals surface area contributed by atoms with E-state index < -0.39 is 0 Å². The molecule has 0 aliphatic heterocycles. The average Bonchev–Trinajstić information content (AvgIpc) is 2.63.